The van der Waals surface area contributed by atoms with Crippen molar-refractivity contribution in [3.8, 4) is 0 Å². The normalized spacial score (nSPS) is 16.4. The van der Waals surface area contributed by atoms with Crippen molar-refractivity contribution >= 4 is 39.2 Å². The van der Waals surface area contributed by atoms with Crippen molar-refractivity contribution in [3.05, 3.63) is 99.5 Å². The van der Waals surface area contributed by atoms with Gasteiger partial charge in [-0.2, -0.15) is 4.31 Å². The molecule has 1 aliphatic heterocycles. The second-order valence-corrected chi connectivity index (χ2v) is 10.2. The van der Waals surface area contributed by atoms with Crippen molar-refractivity contribution in [3.63, 3.8) is 0 Å². The van der Waals surface area contributed by atoms with Crippen LogP contribution >= 0.6 is 23.2 Å². The molecule has 166 valence electrons. The summed E-state index contributed by atoms with van der Waals surface area (Å²) in [5.74, 6) is -0.494. The van der Waals surface area contributed by atoms with Crippen LogP contribution in [0, 0.1) is 0 Å². The molecule has 0 saturated carbocycles. The van der Waals surface area contributed by atoms with Gasteiger partial charge in [0.25, 0.3) is 0 Å². The summed E-state index contributed by atoms with van der Waals surface area (Å²) in [5.41, 5.74) is 2.56. The molecular formula is C24H21Cl2NO4S. The van der Waals surface area contributed by atoms with Crippen molar-refractivity contribution in [2.24, 2.45) is 0 Å². The predicted octanol–water partition coefficient (Wildman–Crippen LogP) is 5.42. The zero-order valence-electron chi connectivity index (χ0n) is 17.1. The average molecular weight is 490 g/mol. The van der Waals surface area contributed by atoms with E-state index >= 15 is 0 Å². The van der Waals surface area contributed by atoms with Crippen LogP contribution in [0.5, 0.6) is 0 Å². The first-order valence-electron chi connectivity index (χ1n) is 10.1. The Hall–Kier alpha value is -2.38. The number of sulfonamides is 1. The fourth-order valence-corrected chi connectivity index (χ4v) is 5.81. The van der Waals surface area contributed by atoms with Crippen LogP contribution in [0.4, 0.5) is 0 Å². The van der Waals surface area contributed by atoms with E-state index in [0.717, 1.165) is 11.1 Å². The molecule has 5 nitrogen and oxygen atoms in total. The molecule has 1 atom stereocenters. The van der Waals surface area contributed by atoms with Gasteiger partial charge in [0.05, 0.1) is 27.4 Å². The molecule has 0 bridgehead atoms. The Balaban J connectivity index is 1.57. The Morgan fingerprint density at radius 1 is 0.969 bits per heavy atom. The minimum absolute atomic E-state index is 0.0233. The van der Waals surface area contributed by atoms with Crippen LogP contribution in [-0.4, -0.2) is 25.2 Å². The highest BCUT2D eigenvalue weighted by atomic mass is 35.5. The van der Waals surface area contributed by atoms with Gasteiger partial charge in [-0.15, -0.1) is 0 Å². The van der Waals surface area contributed by atoms with Gasteiger partial charge in [0.2, 0.25) is 10.0 Å². The Morgan fingerprint density at radius 2 is 1.69 bits per heavy atom. The van der Waals surface area contributed by atoms with Crippen molar-refractivity contribution in [2.75, 3.05) is 6.54 Å². The van der Waals surface area contributed by atoms with Gasteiger partial charge in [-0.1, -0.05) is 71.7 Å². The number of carbonyl (C=O) groups excluding carboxylic acids is 1. The maximum atomic E-state index is 13.4. The summed E-state index contributed by atoms with van der Waals surface area (Å²) in [5, 5.41) is 0.795. The van der Waals surface area contributed by atoms with E-state index in [4.69, 9.17) is 27.9 Å². The number of carbonyl (C=O) groups is 1. The Kier molecular flexibility index (Phi) is 6.86. The van der Waals surface area contributed by atoms with Crippen molar-refractivity contribution in [2.45, 2.75) is 30.4 Å². The van der Waals surface area contributed by atoms with Gasteiger partial charge >= 0.3 is 5.97 Å². The van der Waals surface area contributed by atoms with Gasteiger partial charge < -0.3 is 4.74 Å². The van der Waals surface area contributed by atoms with E-state index in [1.54, 1.807) is 48.5 Å². The van der Waals surface area contributed by atoms with E-state index in [0.29, 0.717) is 28.6 Å². The van der Waals surface area contributed by atoms with Crippen LogP contribution < -0.4 is 0 Å². The Labute approximate surface area is 197 Å². The average Bonchev–Trinajstić information content (AvgIpc) is 2.80. The molecule has 0 saturated heterocycles. The van der Waals surface area contributed by atoms with Gasteiger partial charge in [0.1, 0.15) is 6.61 Å². The zero-order valence-corrected chi connectivity index (χ0v) is 19.4. The van der Waals surface area contributed by atoms with Crippen LogP contribution in [0.3, 0.4) is 0 Å². The highest BCUT2D eigenvalue weighted by Gasteiger charge is 2.37. The van der Waals surface area contributed by atoms with E-state index in [-0.39, 0.29) is 17.9 Å². The number of fused-ring (bicyclic) bond motifs is 1. The molecule has 0 aliphatic carbocycles. The molecule has 4 rings (SSSR count). The number of esters is 1. The topological polar surface area (TPSA) is 63.7 Å². The third kappa shape index (κ3) is 4.84. The fourth-order valence-electron chi connectivity index (χ4n) is 3.87. The van der Waals surface area contributed by atoms with Crippen LogP contribution in [0.2, 0.25) is 10.0 Å². The van der Waals surface area contributed by atoms with Gasteiger partial charge in [-0.05, 0) is 47.4 Å². The number of benzene rings is 3. The fraction of sp³-hybridized carbons (Fsp3) is 0.208. The minimum atomic E-state index is -3.78. The lowest BCUT2D eigenvalue weighted by atomic mass is 9.92. The molecule has 32 heavy (non-hydrogen) atoms. The molecule has 0 spiro atoms. The molecule has 3 aromatic carbocycles. The summed E-state index contributed by atoms with van der Waals surface area (Å²) in [6, 6.07) is 20.2. The molecule has 1 aliphatic rings. The summed E-state index contributed by atoms with van der Waals surface area (Å²) in [6.07, 6.45) is 0.488. The maximum absolute atomic E-state index is 13.4. The third-order valence-electron chi connectivity index (χ3n) is 5.46. The smallest absolute Gasteiger partial charge is 0.308 e. The van der Waals surface area contributed by atoms with Crippen LogP contribution in [0.1, 0.15) is 29.2 Å². The van der Waals surface area contributed by atoms with Gasteiger partial charge in [0, 0.05) is 6.54 Å². The first-order chi connectivity index (χ1) is 15.4. The van der Waals surface area contributed by atoms with Gasteiger partial charge in [0.15, 0.2) is 0 Å². The quantitative estimate of drug-likeness (QED) is 0.434. The lowest BCUT2D eigenvalue weighted by Gasteiger charge is -2.36. The largest absolute Gasteiger partial charge is 0.461 e. The van der Waals surface area contributed by atoms with Crippen LogP contribution in [0.25, 0.3) is 0 Å². The van der Waals surface area contributed by atoms with Crippen LogP contribution in [-0.2, 0) is 32.6 Å². The number of hydrogen-bond acceptors (Lipinski definition) is 4. The van der Waals surface area contributed by atoms with Gasteiger partial charge in [-0.25, -0.2) is 8.42 Å². The number of ether oxygens (including phenoxy) is 1. The summed E-state index contributed by atoms with van der Waals surface area (Å²) in [4.78, 5) is 13.0. The third-order valence-corrected chi connectivity index (χ3v) is 8.12. The van der Waals surface area contributed by atoms with Crippen molar-refractivity contribution in [1.29, 1.82) is 0 Å². The predicted molar refractivity (Wildman–Crippen MR) is 124 cm³/mol. The summed E-state index contributed by atoms with van der Waals surface area (Å²) in [6.45, 7) is 0.314. The standard InChI is InChI=1S/C24H21Cl2NO4S/c25-21-11-10-17(14-22(21)26)16-31-24(28)15-23-20-9-5-4-6-18(20)12-13-27(23)32(29,30)19-7-2-1-3-8-19/h1-11,14,23H,12-13,15-16H2. The summed E-state index contributed by atoms with van der Waals surface area (Å²) in [7, 11) is -3.78. The zero-order chi connectivity index (χ0) is 22.7. The maximum Gasteiger partial charge on any atom is 0.308 e. The molecule has 0 fully saturated rings. The van der Waals surface area contributed by atoms with E-state index < -0.39 is 22.0 Å². The first-order valence-corrected chi connectivity index (χ1v) is 12.3. The summed E-state index contributed by atoms with van der Waals surface area (Å²) >= 11 is 11.9. The monoisotopic (exact) mass is 489 g/mol. The molecular weight excluding hydrogens is 469 g/mol. The molecule has 1 unspecified atom stereocenters. The molecule has 0 aromatic heterocycles. The van der Waals surface area contributed by atoms with E-state index in [1.807, 2.05) is 24.3 Å². The molecule has 0 N–H and O–H groups in total. The van der Waals surface area contributed by atoms with E-state index in [9.17, 15) is 13.2 Å². The molecule has 3 aromatic rings. The highest BCUT2D eigenvalue weighted by molar-refractivity contribution is 7.89. The Bertz CT molecular complexity index is 1230. The molecule has 8 heteroatoms. The van der Waals surface area contributed by atoms with Crippen LogP contribution in [0.15, 0.2) is 77.7 Å². The first kappa shape index (κ1) is 22.8. The van der Waals surface area contributed by atoms with Crippen molar-refractivity contribution < 1.29 is 17.9 Å². The van der Waals surface area contributed by atoms with E-state index in [1.165, 1.54) is 4.31 Å². The summed E-state index contributed by atoms with van der Waals surface area (Å²) < 4.78 is 33.6. The lowest BCUT2D eigenvalue weighted by Crippen LogP contribution is -2.41. The number of halogens is 2. The number of rotatable bonds is 6. The molecule has 1 heterocycles. The highest BCUT2D eigenvalue weighted by Crippen LogP contribution is 2.36. The number of hydrogen-bond donors (Lipinski definition) is 0. The molecule has 0 amide bonds. The lowest BCUT2D eigenvalue weighted by molar-refractivity contribution is -0.146. The second kappa shape index (κ2) is 9.63. The SMILES string of the molecule is O=C(CC1c2ccccc2CCN1S(=O)(=O)c1ccccc1)OCc1ccc(Cl)c(Cl)c1. The second-order valence-electron chi connectivity index (χ2n) is 7.51. The van der Waals surface area contributed by atoms with E-state index in [2.05, 4.69) is 0 Å². The van der Waals surface area contributed by atoms with Gasteiger partial charge in [-0.3, -0.25) is 4.79 Å². The Morgan fingerprint density at radius 3 is 2.44 bits per heavy atom. The molecule has 0 radical (unpaired) electrons. The minimum Gasteiger partial charge on any atom is -0.461 e. The number of nitrogens with zero attached hydrogens (tertiary/aromatic N) is 1. The van der Waals surface area contributed by atoms with Crippen molar-refractivity contribution in [1.82, 2.24) is 4.31 Å².